The molecule has 1 amide bonds. The van der Waals surface area contributed by atoms with Crippen LogP contribution in [0.4, 0.5) is 0 Å². The summed E-state index contributed by atoms with van der Waals surface area (Å²) in [5.41, 5.74) is 0.433. The number of H-pyrrole nitrogens is 1. The van der Waals surface area contributed by atoms with Crippen LogP contribution < -0.4 is 10.9 Å². The van der Waals surface area contributed by atoms with Gasteiger partial charge in [0.15, 0.2) is 5.65 Å². The highest BCUT2D eigenvalue weighted by atomic mass is 16.1. The maximum absolute atomic E-state index is 12.1. The number of likely N-dealkylation sites (tertiary alicyclic amines) is 1. The number of fused-ring (bicyclic) bond motifs is 1. The van der Waals surface area contributed by atoms with Crippen LogP contribution >= 0.6 is 0 Å². The van der Waals surface area contributed by atoms with Gasteiger partial charge in [-0.2, -0.15) is 5.10 Å². The van der Waals surface area contributed by atoms with Crippen LogP contribution in [-0.4, -0.2) is 49.7 Å². The van der Waals surface area contributed by atoms with Gasteiger partial charge in [0.05, 0.1) is 12.7 Å². The van der Waals surface area contributed by atoms with Crippen LogP contribution in [0.1, 0.15) is 32.0 Å². The van der Waals surface area contributed by atoms with Crippen molar-refractivity contribution in [3.63, 3.8) is 0 Å². The van der Waals surface area contributed by atoms with Crippen molar-refractivity contribution in [2.75, 3.05) is 13.1 Å². The molecule has 1 atom stereocenters. The Labute approximate surface area is 133 Å². The topological polar surface area (TPSA) is 95.9 Å². The van der Waals surface area contributed by atoms with Gasteiger partial charge in [-0.05, 0) is 19.4 Å². The van der Waals surface area contributed by atoms with Gasteiger partial charge in [0.1, 0.15) is 11.2 Å². The van der Waals surface area contributed by atoms with Gasteiger partial charge in [-0.3, -0.25) is 19.2 Å². The smallest absolute Gasteiger partial charge is 0.262 e. The number of carbonyl (C=O) groups excluding carboxylic acids is 1. The van der Waals surface area contributed by atoms with E-state index in [0.717, 1.165) is 25.9 Å². The Morgan fingerprint density at radius 3 is 3.13 bits per heavy atom. The van der Waals surface area contributed by atoms with E-state index in [2.05, 4.69) is 25.3 Å². The predicted octanol–water partition coefficient (Wildman–Crippen LogP) is 0.147. The van der Waals surface area contributed by atoms with E-state index in [4.69, 9.17) is 0 Å². The van der Waals surface area contributed by atoms with Crippen molar-refractivity contribution in [3.05, 3.63) is 22.4 Å². The second kappa shape index (κ2) is 6.49. The summed E-state index contributed by atoms with van der Waals surface area (Å²) in [6, 6.07) is 0.170. The summed E-state index contributed by atoms with van der Waals surface area (Å²) < 4.78 is 1.61. The summed E-state index contributed by atoms with van der Waals surface area (Å²) >= 11 is 0. The highest BCUT2D eigenvalue weighted by Crippen LogP contribution is 2.13. The zero-order chi connectivity index (χ0) is 16.4. The second-order valence-corrected chi connectivity index (χ2v) is 6.01. The molecule has 0 radical (unpaired) electrons. The molecule has 8 nitrogen and oxygen atoms in total. The lowest BCUT2D eigenvalue weighted by Gasteiger charge is -2.32. The van der Waals surface area contributed by atoms with Crippen molar-refractivity contribution in [3.8, 4) is 0 Å². The highest BCUT2D eigenvalue weighted by Gasteiger charge is 2.22. The molecule has 0 bridgehead atoms. The number of aromatic amines is 1. The van der Waals surface area contributed by atoms with Crippen molar-refractivity contribution in [2.45, 2.75) is 38.8 Å². The number of aryl methyl sites for hydroxylation is 1. The number of nitrogens with one attached hydrogen (secondary N) is 2. The lowest BCUT2D eigenvalue weighted by molar-refractivity contribution is -0.121. The molecule has 2 N–H and O–H groups in total. The molecular formula is C15H22N6O2. The molecule has 1 unspecified atom stereocenters. The Morgan fingerprint density at radius 2 is 2.35 bits per heavy atom. The van der Waals surface area contributed by atoms with Crippen molar-refractivity contribution >= 4 is 16.9 Å². The molecule has 124 valence electrons. The summed E-state index contributed by atoms with van der Waals surface area (Å²) in [6.07, 6.45) is 4.05. The zero-order valence-corrected chi connectivity index (χ0v) is 13.5. The van der Waals surface area contributed by atoms with Gasteiger partial charge in [-0.1, -0.05) is 6.92 Å². The number of hydrogen-bond donors (Lipinski definition) is 2. The Morgan fingerprint density at radius 1 is 1.52 bits per heavy atom. The van der Waals surface area contributed by atoms with Gasteiger partial charge in [0.2, 0.25) is 5.91 Å². The minimum atomic E-state index is -0.161. The lowest BCUT2D eigenvalue weighted by Crippen LogP contribution is -2.47. The van der Waals surface area contributed by atoms with Gasteiger partial charge < -0.3 is 10.3 Å². The van der Waals surface area contributed by atoms with E-state index in [1.807, 2.05) is 6.92 Å². The largest absolute Gasteiger partial charge is 0.352 e. The van der Waals surface area contributed by atoms with Crippen LogP contribution in [0, 0.1) is 0 Å². The maximum atomic E-state index is 12.1. The quantitative estimate of drug-likeness (QED) is 0.836. The van der Waals surface area contributed by atoms with Gasteiger partial charge in [-0.15, -0.1) is 0 Å². The molecule has 2 aromatic rings. The molecule has 8 heteroatoms. The van der Waals surface area contributed by atoms with Crippen LogP contribution in [0.25, 0.3) is 11.0 Å². The van der Waals surface area contributed by atoms with Crippen molar-refractivity contribution in [1.82, 2.24) is 30.0 Å². The molecular weight excluding hydrogens is 296 g/mol. The second-order valence-electron chi connectivity index (χ2n) is 6.01. The number of hydrogen-bond acceptors (Lipinski definition) is 5. The number of amides is 1. The first-order valence-electron chi connectivity index (χ1n) is 7.99. The summed E-state index contributed by atoms with van der Waals surface area (Å²) in [5.74, 6) is 0.716. The fourth-order valence-corrected chi connectivity index (χ4v) is 3.01. The maximum Gasteiger partial charge on any atom is 0.262 e. The van der Waals surface area contributed by atoms with E-state index >= 15 is 0 Å². The Kier molecular flexibility index (Phi) is 4.42. The minimum absolute atomic E-state index is 0.0830. The van der Waals surface area contributed by atoms with Crippen molar-refractivity contribution < 1.29 is 4.79 Å². The lowest BCUT2D eigenvalue weighted by atomic mass is 10.1. The van der Waals surface area contributed by atoms with E-state index < -0.39 is 0 Å². The van der Waals surface area contributed by atoms with Gasteiger partial charge in [0, 0.05) is 26.1 Å². The number of nitrogens with zero attached hydrogens (tertiary/aromatic N) is 4. The van der Waals surface area contributed by atoms with E-state index in [9.17, 15) is 9.59 Å². The van der Waals surface area contributed by atoms with Gasteiger partial charge in [0.25, 0.3) is 5.56 Å². The van der Waals surface area contributed by atoms with Crippen LogP contribution in [0.5, 0.6) is 0 Å². The van der Waals surface area contributed by atoms with Gasteiger partial charge >= 0.3 is 0 Å². The first-order valence-corrected chi connectivity index (χ1v) is 7.99. The van der Waals surface area contributed by atoms with E-state index in [1.165, 1.54) is 6.20 Å². The number of aromatic nitrogens is 4. The van der Waals surface area contributed by atoms with E-state index in [0.29, 0.717) is 29.8 Å². The Hall–Kier alpha value is -2.22. The molecule has 1 aliphatic heterocycles. The van der Waals surface area contributed by atoms with Crippen LogP contribution in [0.2, 0.25) is 0 Å². The SMILES string of the molecule is CCC(=O)NC1CCCN(Cc2nc3c(cnn3C)c(=O)[nH]2)C1. The third-order valence-electron chi connectivity index (χ3n) is 4.22. The Balaban J connectivity index is 1.72. The molecule has 1 aliphatic rings. The first kappa shape index (κ1) is 15.7. The highest BCUT2D eigenvalue weighted by molar-refractivity contribution is 5.75. The minimum Gasteiger partial charge on any atom is -0.352 e. The molecule has 2 aromatic heterocycles. The third kappa shape index (κ3) is 3.42. The molecule has 1 saturated heterocycles. The number of carbonyl (C=O) groups is 1. The van der Waals surface area contributed by atoms with Gasteiger partial charge in [-0.25, -0.2) is 4.98 Å². The van der Waals surface area contributed by atoms with E-state index in [1.54, 1.807) is 11.7 Å². The summed E-state index contributed by atoms with van der Waals surface area (Å²) in [4.78, 5) is 33.2. The average molecular weight is 318 g/mol. The van der Waals surface area contributed by atoms with Crippen molar-refractivity contribution in [1.29, 1.82) is 0 Å². The average Bonchev–Trinajstić information content (AvgIpc) is 2.89. The standard InChI is InChI=1S/C15H22N6O2/c1-3-13(22)17-10-5-4-6-21(8-10)9-12-18-14-11(15(23)19-12)7-16-20(14)2/h7,10H,3-6,8-9H2,1-2H3,(H,17,22)(H,18,19,23). The fourth-order valence-electron chi connectivity index (χ4n) is 3.01. The summed E-state index contributed by atoms with van der Waals surface area (Å²) in [5, 5.41) is 7.62. The molecule has 1 fully saturated rings. The number of rotatable bonds is 4. The zero-order valence-electron chi connectivity index (χ0n) is 13.5. The van der Waals surface area contributed by atoms with Crippen LogP contribution in [0.3, 0.4) is 0 Å². The van der Waals surface area contributed by atoms with Crippen LogP contribution in [0.15, 0.2) is 11.0 Å². The summed E-state index contributed by atoms with van der Waals surface area (Å²) in [7, 11) is 1.77. The molecule has 0 aromatic carbocycles. The first-order chi connectivity index (χ1) is 11.1. The number of piperidine rings is 1. The molecule has 0 spiro atoms. The molecule has 0 aliphatic carbocycles. The third-order valence-corrected chi connectivity index (χ3v) is 4.22. The summed E-state index contributed by atoms with van der Waals surface area (Å²) in [6.45, 7) is 4.13. The van der Waals surface area contributed by atoms with Crippen LogP contribution in [-0.2, 0) is 18.4 Å². The Bertz CT molecular complexity index is 765. The van der Waals surface area contributed by atoms with E-state index in [-0.39, 0.29) is 17.5 Å². The normalized spacial score (nSPS) is 19.1. The fraction of sp³-hybridized carbons (Fsp3) is 0.600. The molecule has 0 saturated carbocycles. The molecule has 23 heavy (non-hydrogen) atoms. The molecule has 3 rings (SSSR count). The van der Waals surface area contributed by atoms with Crippen molar-refractivity contribution in [2.24, 2.45) is 7.05 Å². The predicted molar refractivity (Wildman–Crippen MR) is 85.9 cm³/mol. The molecule has 3 heterocycles. The monoisotopic (exact) mass is 318 g/mol.